The van der Waals surface area contributed by atoms with Gasteiger partial charge in [-0.3, -0.25) is 4.79 Å². The summed E-state index contributed by atoms with van der Waals surface area (Å²) in [5.41, 5.74) is 2.13. The highest BCUT2D eigenvalue weighted by atomic mass is 16.2. The fourth-order valence-corrected chi connectivity index (χ4v) is 1.57. The van der Waals surface area contributed by atoms with Crippen LogP contribution in [0.15, 0.2) is 18.2 Å². The van der Waals surface area contributed by atoms with Crippen LogP contribution in [0, 0.1) is 6.92 Å². The van der Waals surface area contributed by atoms with E-state index in [-0.39, 0.29) is 18.0 Å². The van der Waals surface area contributed by atoms with Crippen molar-refractivity contribution in [2.45, 2.75) is 33.2 Å². The summed E-state index contributed by atoms with van der Waals surface area (Å²) in [4.78, 5) is 23.2. The topological polar surface area (TPSA) is 70.2 Å². The summed E-state index contributed by atoms with van der Waals surface area (Å²) in [5.74, 6) is -0.140. The molecule has 0 saturated carbocycles. The van der Waals surface area contributed by atoms with Crippen LogP contribution in [0.2, 0.25) is 0 Å². The van der Waals surface area contributed by atoms with Crippen LogP contribution in [0.4, 0.5) is 10.5 Å². The molecule has 1 aromatic carbocycles. The second-order valence-corrected chi connectivity index (χ2v) is 4.52. The highest BCUT2D eigenvalue weighted by Gasteiger charge is 2.09. The number of anilines is 1. The Balaban J connectivity index is 2.75. The van der Waals surface area contributed by atoms with Crippen LogP contribution in [0.1, 0.15) is 36.2 Å². The number of amides is 3. The molecule has 0 spiro atoms. The highest BCUT2D eigenvalue weighted by Crippen LogP contribution is 2.16. The van der Waals surface area contributed by atoms with E-state index in [4.69, 9.17) is 0 Å². The van der Waals surface area contributed by atoms with Gasteiger partial charge < -0.3 is 16.0 Å². The maximum absolute atomic E-state index is 11.7. The summed E-state index contributed by atoms with van der Waals surface area (Å²) in [7, 11) is 1.59. The molecule has 0 aromatic heterocycles. The molecule has 0 saturated heterocycles. The van der Waals surface area contributed by atoms with E-state index in [0.29, 0.717) is 11.3 Å². The lowest BCUT2D eigenvalue weighted by molar-refractivity contribution is 0.0963. The number of hydrogen-bond donors (Lipinski definition) is 3. The van der Waals surface area contributed by atoms with Crippen LogP contribution in [0.5, 0.6) is 0 Å². The van der Waals surface area contributed by atoms with Gasteiger partial charge in [-0.2, -0.15) is 0 Å². The normalized spacial score (nSPS) is 11.6. The highest BCUT2D eigenvalue weighted by molar-refractivity contribution is 5.96. The van der Waals surface area contributed by atoms with Crippen LogP contribution in [0.3, 0.4) is 0 Å². The monoisotopic (exact) mass is 263 g/mol. The first kappa shape index (κ1) is 15.0. The molecule has 0 aliphatic carbocycles. The van der Waals surface area contributed by atoms with Crippen molar-refractivity contribution >= 4 is 17.6 Å². The summed E-state index contributed by atoms with van der Waals surface area (Å²) in [6.45, 7) is 5.81. The third-order valence-electron chi connectivity index (χ3n) is 2.95. The molecule has 0 fully saturated rings. The van der Waals surface area contributed by atoms with Crippen molar-refractivity contribution in [3.05, 3.63) is 29.3 Å². The van der Waals surface area contributed by atoms with Gasteiger partial charge in [0.05, 0.1) is 0 Å². The Labute approximate surface area is 113 Å². The summed E-state index contributed by atoms with van der Waals surface area (Å²) >= 11 is 0. The molecule has 1 unspecified atom stereocenters. The fraction of sp³-hybridized carbons (Fsp3) is 0.429. The first-order valence-electron chi connectivity index (χ1n) is 6.38. The number of nitrogens with one attached hydrogen (secondary N) is 3. The van der Waals surface area contributed by atoms with Gasteiger partial charge >= 0.3 is 6.03 Å². The molecule has 0 heterocycles. The van der Waals surface area contributed by atoms with Crippen molar-refractivity contribution in [1.82, 2.24) is 10.6 Å². The van der Waals surface area contributed by atoms with Crippen molar-refractivity contribution in [3.8, 4) is 0 Å². The van der Waals surface area contributed by atoms with Gasteiger partial charge in [0.1, 0.15) is 0 Å². The van der Waals surface area contributed by atoms with Gasteiger partial charge in [0.2, 0.25) is 0 Å². The minimum absolute atomic E-state index is 0.130. The van der Waals surface area contributed by atoms with E-state index in [2.05, 4.69) is 16.0 Å². The standard InChI is InChI=1S/C14H21N3O2/c1-5-10(3)16-14(19)17-12-7-6-11(8-9(12)2)13(18)15-4/h6-8,10H,5H2,1-4H3,(H,15,18)(H2,16,17,19). The van der Waals surface area contributed by atoms with Crippen LogP contribution in [0.25, 0.3) is 0 Å². The van der Waals surface area contributed by atoms with Gasteiger partial charge in [-0.05, 0) is 44.0 Å². The Hall–Kier alpha value is -2.04. The maximum Gasteiger partial charge on any atom is 0.319 e. The summed E-state index contributed by atoms with van der Waals surface area (Å²) in [6, 6.07) is 5.06. The Kier molecular flexibility index (Phi) is 5.36. The van der Waals surface area contributed by atoms with Crippen molar-refractivity contribution in [2.24, 2.45) is 0 Å². The molecule has 0 radical (unpaired) electrons. The average molecular weight is 263 g/mol. The molecule has 0 bridgehead atoms. The molecule has 104 valence electrons. The third kappa shape index (κ3) is 4.28. The van der Waals surface area contributed by atoms with Gasteiger partial charge in [0.15, 0.2) is 0 Å². The Bertz CT molecular complexity index is 472. The van der Waals surface area contributed by atoms with E-state index in [0.717, 1.165) is 12.0 Å². The van der Waals surface area contributed by atoms with Crippen molar-refractivity contribution in [1.29, 1.82) is 0 Å². The van der Waals surface area contributed by atoms with Crippen molar-refractivity contribution < 1.29 is 9.59 Å². The summed E-state index contributed by atoms with van der Waals surface area (Å²) in [5, 5.41) is 8.17. The number of hydrogen-bond acceptors (Lipinski definition) is 2. The molecular weight excluding hydrogens is 242 g/mol. The molecule has 0 aliphatic heterocycles. The number of benzene rings is 1. The lowest BCUT2D eigenvalue weighted by Gasteiger charge is -2.14. The Morgan fingerprint density at radius 1 is 1.32 bits per heavy atom. The quantitative estimate of drug-likeness (QED) is 0.780. The van der Waals surface area contributed by atoms with Crippen LogP contribution >= 0.6 is 0 Å². The first-order valence-corrected chi connectivity index (χ1v) is 6.38. The molecule has 5 heteroatoms. The van der Waals surface area contributed by atoms with E-state index < -0.39 is 0 Å². The Morgan fingerprint density at radius 2 is 2.00 bits per heavy atom. The van der Waals surface area contributed by atoms with E-state index in [1.54, 1.807) is 25.2 Å². The van der Waals surface area contributed by atoms with Gasteiger partial charge in [-0.1, -0.05) is 6.92 Å². The molecular formula is C14H21N3O2. The molecule has 19 heavy (non-hydrogen) atoms. The molecule has 1 aromatic rings. The SMILES string of the molecule is CCC(C)NC(=O)Nc1ccc(C(=O)NC)cc1C. The second-order valence-electron chi connectivity index (χ2n) is 4.52. The van der Waals surface area contributed by atoms with Crippen LogP contribution in [-0.4, -0.2) is 25.0 Å². The second kappa shape index (κ2) is 6.78. The minimum atomic E-state index is -0.231. The number of rotatable bonds is 4. The van der Waals surface area contributed by atoms with Gasteiger partial charge in [0, 0.05) is 24.3 Å². The zero-order chi connectivity index (χ0) is 14.4. The molecule has 3 amide bonds. The lowest BCUT2D eigenvalue weighted by atomic mass is 10.1. The van der Waals surface area contributed by atoms with E-state index in [1.165, 1.54) is 0 Å². The van der Waals surface area contributed by atoms with Crippen molar-refractivity contribution in [3.63, 3.8) is 0 Å². The molecule has 1 atom stereocenters. The molecule has 1 rings (SSSR count). The smallest absolute Gasteiger partial charge is 0.319 e. The van der Waals surface area contributed by atoms with Crippen molar-refractivity contribution in [2.75, 3.05) is 12.4 Å². The summed E-state index contributed by atoms with van der Waals surface area (Å²) in [6.07, 6.45) is 0.877. The van der Waals surface area contributed by atoms with Gasteiger partial charge in [0.25, 0.3) is 5.91 Å². The Morgan fingerprint density at radius 3 is 2.53 bits per heavy atom. The predicted octanol–water partition coefficient (Wildman–Crippen LogP) is 2.27. The third-order valence-corrected chi connectivity index (χ3v) is 2.95. The molecule has 3 N–H and O–H groups in total. The van der Waals surface area contributed by atoms with Gasteiger partial charge in [-0.25, -0.2) is 4.79 Å². The first-order chi connectivity index (χ1) is 8.97. The summed E-state index contributed by atoms with van der Waals surface area (Å²) < 4.78 is 0. The minimum Gasteiger partial charge on any atom is -0.355 e. The van der Waals surface area contributed by atoms with Crippen LogP contribution < -0.4 is 16.0 Å². The van der Waals surface area contributed by atoms with Crippen LogP contribution in [-0.2, 0) is 0 Å². The number of carbonyl (C=O) groups is 2. The van der Waals surface area contributed by atoms with E-state index >= 15 is 0 Å². The zero-order valence-electron chi connectivity index (χ0n) is 11.8. The van der Waals surface area contributed by atoms with E-state index in [1.807, 2.05) is 20.8 Å². The molecule has 0 aliphatic rings. The van der Waals surface area contributed by atoms with E-state index in [9.17, 15) is 9.59 Å². The predicted molar refractivity (Wildman–Crippen MR) is 76.5 cm³/mol. The fourth-order valence-electron chi connectivity index (χ4n) is 1.57. The largest absolute Gasteiger partial charge is 0.355 e. The maximum atomic E-state index is 11.7. The molecule has 5 nitrogen and oxygen atoms in total. The lowest BCUT2D eigenvalue weighted by Crippen LogP contribution is -2.35. The zero-order valence-corrected chi connectivity index (χ0v) is 11.8. The van der Waals surface area contributed by atoms with Gasteiger partial charge in [-0.15, -0.1) is 0 Å². The number of urea groups is 1. The average Bonchev–Trinajstić information content (AvgIpc) is 2.39. The number of aryl methyl sites for hydroxylation is 1. The number of carbonyl (C=O) groups excluding carboxylic acids is 2.